The summed E-state index contributed by atoms with van der Waals surface area (Å²) in [6, 6.07) is 8.10. The van der Waals surface area contributed by atoms with E-state index in [2.05, 4.69) is 16.0 Å². The van der Waals surface area contributed by atoms with Gasteiger partial charge >= 0.3 is 0 Å². The molecule has 0 spiro atoms. The minimum Gasteiger partial charge on any atom is -0.293 e. The molecule has 1 aromatic heterocycles. The van der Waals surface area contributed by atoms with E-state index in [1.807, 2.05) is 18.2 Å². The molecule has 3 heteroatoms. The molecule has 0 aliphatic rings. The van der Waals surface area contributed by atoms with Gasteiger partial charge in [0.1, 0.15) is 5.01 Å². The molecular weight excluding hydrogens is 168 g/mol. The first-order valence-electron chi connectivity index (χ1n) is 3.68. The Morgan fingerprint density at radius 2 is 2.25 bits per heavy atom. The number of aromatic nitrogens is 1. The van der Waals surface area contributed by atoms with Crippen LogP contribution in [0.4, 0.5) is 0 Å². The van der Waals surface area contributed by atoms with E-state index in [0.717, 1.165) is 10.5 Å². The number of para-hydroxylation sites is 1. The number of benzene rings is 1. The lowest BCUT2D eigenvalue weighted by Gasteiger charge is -1.80. The summed E-state index contributed by atoms with van der Waals surface area (Å²) < 4.78 is 1.22. The number of rotatable bonds is 1. The van der Waals surface area contributed by atoms with Crippen molar-refractivity contribution in [2.24, 2.45) is 4.99 Å². The van der Waals surface area contributed by atoms with Gasteiger partial charge in [-0.3, -0.25) is 4.99 Å². The minimum absolute atomic E-state index is 0.971. The molecule has 0 N–H and O–H groups in total. The molecule has 0 amide bonds. The van der Waals surface area contributed by atoms with Crippen molar-refractivity contribution in [1.82, 2.24) is 4.98 Å². The molecule has 1 aromatic carbocycles. The summed E-state index contributed by atoms with van der Waals surface area (Å²) in [6.07, 6.45) is 1.78. The molecular formula is C9H8N2S. The number of hydrogen-bond donors (Lipinski definition) is 0. The molecule has 0 fully saturated rings. The Balaban J connectivity index is 2.62. The summed E-state index contributed by atoms with van der Waals surface area (Å²) >= 11 is 1.66. The highest BCUT2D eigenvalue weighted by Crippen LogP contribution is 2.19. The predicted octanol–water partition coefficient (Wildman–Crippen LogP) is 2.35. The Morgan fingerprint density at radius 1 is 1.42 bits per heavy atom. The molecule has 1 heterocycles. The zero-order chi connectivity index (χ0) is 8.39. The molecule has 0 saturated heterocycles. The summed E-state index contributed by atoms with van der Waals surface area (Å²) in [6.45, 7) is 0. The topological polar surface area (TPSA) is 25.2 Å². The summed E-state index contributed by atoms with van der Waals surface area (Å²) in [7, 11) is 1.76. The fraction of sp³-hybridized carbons (Fsp3) is 0.111. The highest BCUT2D eigenvalue weighted by Gasteiger charge is 1.98. The Bertz CT molecular complexity index is 384. The second kappa shape index (κ2) is 3.03. The highest BCUT2D eigenvalue weighted by molar-refractivity contribution is 7.20. The number of nitrogens with zero attached hydrogens (tertiary/aromatic N) is 2. The van der Waals surface area contributed by atoms with Gasteiger partial charge in [-0.25, -0.2) is 4.98 Å². The molecule has 0 bridgehead atoms. The molecule has 2 rings (SSSR count). The lowest BCUT2D eigenvalue weighted by Crippen LogP contribution is -1.75. The van der Waals surface area contributed by atoms with Crippen LogP contribution in [0.15, 0.2) is 29.3 Å². The van der Waals surface area contributed by atoms with Crippen LogP contribution in [0.25, 0.3) is 10.2 Å². The number of fused-ring (bicyclic) bond motifs is 1. The quantitative estimate of drug-likeness (QED) is 0.612. The van der Waals surface area contributed by atoms with Crippen LogP contribution < -0.4 is 0 Å². The third kappa shape index (κ3) is 1.23. The summed E-state index contributed by atoms with van der Waals surface area (Å²) in [4.78, 5) is 8.30. The van der Waals surface area contributed by atoms with Crippen molar-refractivity contribution >= 4 is 27.8 Å². The molecule has 0 saturated carbocycles. The maximum Gasteiger partial charge on any atom is 0.135 e. The van der Waals surface area contributed by atoms with Crippen LogP contribution in [0.2, 0.25) is 0 Å². The SMILES string of the molecule is C/N=C/c1nc2ccccc2s1. The largest absolute Gasteiger partial charge is 0.293 e. The van der Waals surface area contributed by atoms with Gasteiger partial charge in [-0.15, -0.1) is 11.3 Å². The minimum atomic E-state index is 0.971. The highest BCUT2D eigenvalue weighted by atomic mass is 32.1. The van der Waals surface area contributed by atoms with Crippen LogP contribution in [-0.4, -0.2) is 18.2 Å². The Labute approximate surface area is 74.6 Å². The maximum absolute atomic E-state index is 4.37. The van der Waals surface area contributed by atoms with E-state index in [4.69, 9.17) is 0 Å². The summed E-state index contributed by atoms with van der Waals surface area (Å²) in [5.74, 6) is 0. The second-order valence-corrected chi connectivity index (χ2v) is 3.47. The third-order valence-electron chi connectivity index (χ3n) is 1.55. The number of aliphatic imine (C=N–C) groups is 1. The lowest BCUT2D eigenvalue weighted by atomic mass is 10.3. The molecule has 60 valence electrons. The van der Waals surface area contributed by atoms with Gasteiger partial charge in [0.15, 0.2) is 0 Å². The monoisotopic (exact) mass is 176 g/mol. The van der Waals surface area contributed by atoms with Crippen molar-refractivity contribution in [3.63, 3.8) is 0 Å². The van der Waals surface area contributed by atoms with E-state index in [0.29, 0.717) is 0 Å². The van der Waals surface area contributed by atoms with Gasteiger partial charge in [0, 0.05) is 7.05 Å². The average molecular weight is 176 g/mol. The molecule has 0 atom stereocenters. The predicted molar refractivity (Wildman–Crippen MR) is 53.1 cm³/mol. The van der Waals surface area contributed by atoms with Crippen LogP contribution >= 0.6 is 11.3 Å². The van der Waals surface area contributed by atoms with Gasteiger partial charge in [-0.05, 0) is 12.1 Å². The van der Waals surface area contributed by atoms with Gasteiger partial charge in [0.25, 0.3) is 0 Å². The van der Waals surface area contributed by atoms with Crippen molar-refractivity contribution in [2.75, 3.05) is 7.05 Å². The lowest BCUT2D eigenvalue weighted by molar-refractivity contribution is 1.42. The van der Waals surface area contributed by atoms with Gasteiger partial charge in [0.2, 0.25) is 0 Å². The fourth-order valence-electron chi connectivity index (χ4n) is 1.06. The number of hydrogen-bond acceptors (Lipinski definition) is 3. The molecule has 0 aliphatic heterocycles. The molecule has 2 aromatic rings. The summed E-state index contributed by atoms with van der Waals surface area (Å²) in [5.41, 5.74) is 1.05. The third-order valence-corrected chi connectivity index (χ3v) is 2.52. The molecule has 2 nitrogen and oxygen atoms in total. The van der Waals surface area contributed by atoms with Crippen LogP contribution in [0.1, 0.15) is 5.01 Å². The zero-order valence-electron chi connectivity index (χ0n) is 6.69. The van der Waals surface area contributed by atoms with E-state index in [9.17, 15) is 0 Å². The van der Waals surface area contributed by atoms with Gasteiger partial charge in [-0.2, -0.15) is 0 Å². The Kier molecular flexibility index (Phi) is 1.87. The summed E-state index contributed by atoms with van der Waals surface area (Å²) in [5, 5.41) is 0.971. The Hall–Kier alpha value is -1.22. The van der Waals surface area contributed by atoms with E-state index in [-0.39, 0.29) is 0 Å². The van der Waals surface area contributed by atoms with Crippen molar-refractivity contribution in [1.29, 1.82) is 0 Å². The van der Waals surface area contributed by atoms with Crippen molar-refractivity contribution in [3.8, 4) is 0 Å². The smallest absolute Gasteiger partial charge is 0.135 e. The number of thiazole rings is 1. The van der Waals surface area contributed by atoms with E-state index in [1.165, 1.54) is 4.70 Å². The molecule has 12 heavy (non-hydrogen) atoms. The van der Waals surface area contributed by atoms with Crippen LogP contribution in [0.5, 0.6) is 0 Å². The molecule has 0 unspecified atom stereocenters. The van der Waals surface area contributed by atoms with Crippen LogP contribution in [-0.2, 0) is 0 Å². The first-order valence-corrected chi connectivity index (χ1v) is 4.49. The second-order valence-electron chi connectivity index (χ2n) is 2.41. The van der Waals surface area contributed by atoms with Crippen molar-refractivity contribution in [2.45, 2.75) is 0 Å². The van der Waals surface area contributed by atoms with Crippen LogP contribution in [0.3, 0.4) is 0 Å². The van der Waals surface area contributed by atoms with Crippen molar-refractivity contribution in [3.05, 3.63) is 29.3 Å². The van der Waals surface area contributed by atoms with Gasteiger partial charge < -0.3 is 0 Å². The Morgan fingerprint density at radius 3 is 3.00 bits per heavy atom. The van der Waals surface area contributed by atoms with E-state index < -0.39 is 0 Å². The maximum atomic E-state index is 4.37. The first-order chi connectivity index (χ1) is 5.90. The van der Waals surface area contributed by atoms with Crippen LogP contribution in [0, 0.1) is 0 Å². The van der Waals surface area contributed by atoms with Gasteiger partial charge in [-0.1, -0.05) is 12.1 Å². The first kappa shape index (κ1) is 7.43. The van der Waals surface area contributed by atoms with E-state index in [1.54, 1.807) is 24.6 Å². The molecule has 0 radical (unpaired) electrons. The molecule has 0 aliphatic carbocycles. The normalized spacial score (nSPS) is 11.4. The standard InChI is InChI=1S/C9H8N2S/c1-10-6-9-11-7-4-2-3-5-8(7)12-9/h2-6H,1H3/b10-6+. The van der Waals surface area contributed by atoms with Gasteiger partial charge in [0.05, 0.1) is 16.4 Å². The fourth-order valence-corrected chi connectivity index (χ4v) is 1.95. The zero-order valence-corrected chi connectivity index (χ0v) is 7.51. The van der Waals surface area contributed by atoms with Crippen molar-refractivity contribution < 1.29 is 0 Å². The van der Waals surface area contributed by atoms with E-state index >= 15 is 0 Å². The average Bonchev–Trinajstić information content (AvgIpc) is 2.47.